The first-order chi connectivity index (χ1) is 3.66. The van der Waals surface area contributed by atoms with Gasteiger partial charge in [-0.3, -0.25) is 0 Å². The Morgan fingerprint density at radius 2 is 2.25 bits per heavy atom. The van der Waals surface area contributed by atoms with Crippen LogP contribution in [0.1, 0.15) is 6.42 Å². The van der Waals surface area contributed by atoms with Crippen molar-refractivity contribution in [2.24, 2.45) is 0 Å². The molecule has 1 atom stereocenters. The number of aliphatic hydroxyl groups excluding tert-OH is 2. The Labute approximate surface area is 53.4 Å². The van der Waals surface area contributed by atoms with Gasteiger partial charge < -0.3 is 10.2 Å². The first-order valence-corrected chi connectivity index (χ1v) is 2.66. The molecule has 0 saturated heterocycles. The van der Waals surface area contributed by atoms with E-state index in [0.717, 1.165) is 0 Å². The van der Waals surface area contributed by atoms with Crippen molar-refractivity contribution in [3.8, 4) is 0 Å². The standard InChI is InChI=1S/C5H9ClO2/c1-4(6)2-5(8)3-7/h5,7-8H,1-3H2/t5-/m0/s1. The molecule has 0 fully saturated rings. The molecule has 2 nitrogen and oxygen atoms in total. The Bertz CT molecular complexity index is 82.5. The monoisotopic (exact) mass is 136 g/mol. The second-order valence-electron chi connectivity index (χ2n) is 1.56. The number of rotatable bonds is 3. The molecule has 48 valence electrons. The van der Waals surface area contributed by atoms with Gasteiger partial charge in [-0.25, -0.2) is 0 Å². The van der Waals surface area contributed by atoms with Crippen LogP contribution in [0.25, 0.3) is 0 Å². The number of halogens is 1. The fourth-order valence-corrected chi connectivity index (χ4v) is 0.498. The second kappa shape index (κ2) is 3.89. The molecule has 0 aliphatic rings. The van der Waals surface area contributed by atoms with Crippen LogP contribution in [0.3, 0.4) is 0 Å². The number of hydrogen-bond acceptors (Lipinski definition) is 2. The third-order valence-electron chi connectivity index (χ3n) is 0.668. The van der Waals surface area contributed by atoms with Crippen LogP contribution in [0.4, 0.5) is 0 Å². The minimum atomic E-state index is -0.750. The first kappa shape index (κ1) is 7.95. The smallest absolute Gasteiger partial charge is 0.0819 e. The summed E-state index contributed by atoms with van der Waals surface area (Å²) in [6, 6.07) is 0. The molecule has 3 heteroatoms. The summed E-state index contributed by atoms with van der Waals surface area (Å²) in [6.07, 6.45) is -0.488. The lowest BCUT2D eigenvalue weighted by atomic mass is 10.3. The highest BCUT2D eigenvalue weighted by atomic mass is 35.5. The third-order valence-corrected chi connectivity index (χ3v) is 0.822. The minimum Gasteiger partial charge on any atom is -0.394 e. The van der Waals surface area contributed by atoms with Gasteiger partial charge in [0.25, 0.3) is 0 Å². The fraction of sp³-hybridized carbons (Fsp3) is 0.600. The van der Waals surface area contributed by atoms with Gasteiger partial charge >= 0.3 is 0 Å². The summed E-state index contributed by atoms with van der Waals surface area (Å²) >= 11 is 5.29. The molecular weight excluding hydrogens is 128 g/mol. The van der Waals surface area contributed by atoms with E-state index in [-0.39, 0.29) is 13.0 Å². The lowest BCUT2D eigenvalue weighted by Gasteiger charge is -2.02. The maximum atomic E-state index is 8.63. The second-order valence-corrected chi connectivity index (χ2v) is 2.09. The Kier molecular flexibility index (Phi) is 3.87. The third kappa shape index (κ3) is 4.12. The molecule has 0 spiro atoms. The zero-order valence-corrected chi connectivity index (χ0v) is 5.23. The molecule has 2 N–H and O–H groups in total. The molecule has 0 unspecified atom stereocenters. The maximum absolute atomic E-state index is 8.63. The van der Waals surface area contributed by atoms with Crippen molar-refractivity contribution >= 4 is 11.6 Å². The van der Waals surface area contributed by atoms with E-state index in [1.165, 1.54) is 0 Å². The van der Waals surface area contributed by atoms with Crippen LogP contribution >= 0.6 is 11.6 Å². The predicted octanol–water partition coefficient (Wildman–Crippen LogP) is 0.482. The molecule has 8 heavy (non-hydrogen) atoms. The molecule has 0 aromatic rings. The van der Waals surface area contributed by atoms with Gasteiger partial charge in [0, 0.05) is 11.5 Å². The fourth-order valence-electron chi connectivity index (χ4n) is 0.320. The number of aliphatic hydroxyl groups is 2. The van der Waals surface area contributed by atoms with Gasteiger partial charge in [0.15, 0.2) is 0 Å². The molecule has 0 saturated carbocycles. The van der Waals surface area contributed by atoms with E-state index in [1.54, 1.807) is 0 Å². The Morgan fingerprint density at radius 3 is 2.38 bits per heavy atom. The van der Waals surface area contributed by atoms with E-state index in [1.807, 2.05) is 0 Å². The molecule has 0 aliphatic heterocycles. The quantitative estimate of drug-likeness (QED) is 0.593. The zero-order chi connectivity index (χ0) is 6.57. The molecule has 0 aromatic carbocycles. The van der Waals surface area contributed by atoms with Crippen molar-refractivity contribution in [3.05, 3.63) is 11.6 Å². The van der Waals surface area contributed by atoms with E-state index >= 15 is 0 Å². The van der Waals surface area contributed by atoms with E-state index in [0.29, 0.717) is 5.03 Å². The summed E-state index contributed by atoms with van der Waals surface area (Å²) in [5, 5.41) is 17.2. The van der Waals surface area contributed by atoms with Crippen molar-refractivity contribution < 1.29 is 10.2 Å². The van der Waals surface area contributed by atoms with Gasteiger partial charge in [-0.1, -0.05) is 18.2 Å². The van der Waals surface area contributed by atoms with Crippen molar-refractivity contribution in [2.75, 3.05) is 6.61 Å². The molecule has 0 rings (SSSR count). The molecule has 0 amide bonds. The topological polar surface area (TPSA) is 40.5 Å². The van der Waals surface area contributed by atoms with Crippen molar-refractivity contribution in [3.63, 3.8) is 0 Å². The zero-order valence-electron chi connectivity index (χ0n) is 4.47. The van der Waals surface area contributed by atoms with E-state index < -0.39 is 6.10 Å². The Morgan fingerprint density at radius 1 is 1.75 bits per heavy atom. The largest absolute Gasteiger partial charge is 0.394 e. The van der Waals surface area contributed by atoms with Gasteiger partial charge in [0.1, 0.15) is 0 Å². The summed E-state index contributed by atoms with van der Waals surface area (Å²) in [7, 11) is 0. The van der Waals surface area contributed by atoms with Gasteiger partial charge in [-0.15, -0.1) is 0 Å². The molecule has 0 heterocycles. The van der Waals surface area contributed by atoms with Gasteiger partial charge in [0.2, 0.25) is 0 Å². The molecule has 0 aromatic heterocycles. The van der Waals surface area contributed by atoms with Crippen LogP contribution in [-0.4, -0.2) is 22.9 Å². The lowest BCUT2D eigenvalue weighted by Crippen LogP contribution is -2.10. The normalized spacial score (nSPS) is 13.4. The van der Waals surface area contributed by atoms with Crippen molar-refractivity contribution in [1.29, 1.82) is 0 Å². The summed E-state index contributed by atoms with van der Waals surface area (Å²) in [5.41, 5.74) is 0. The maximum Gasteiger partial charge on any atom is 0.0819 e. The highest BCUT2D eigenvalue weighted by Gasteiger charge is 2.00. The predicted molar refractivity (Wildman–Crippen MR) is 32.7 cm³/mol. The minimum absolute atomic E-state index is 0.258. The summed E-state index contributed by atoms with van der Waals surface area (Å²) in [4.78, 5) is 0. The SMILES string of the molecule is C=C(Cl)C[C@H](O)CO. The van der Waals surface area contributed by atoms with Crippen LogP contribution in [0, 0.1) is 0 Å². The van der Waals surface area contributed by atoms with E-state index in [4.69, 9.17) is 21.8 Å². The molecular formula is C5H9ClO2. The van der Waals surface area contributed by atoms with Crippen LogP contribution in [0.15, 0.2) is 11.6 Å². The molecule has 0 bridgehead atoms. The Balaban J connectivity index is 3.24. The molecule has 0 aliphatic carbocycles. The highest BCUT2D eigenvalue weighted by molar-refractivity contribution is 6.29. The summed E-state index contributed by atoms with van der Waals surface area (Å²) < 4.78 is 0. The van der Waals surface area contributed by atoms with Gasteiger partial charge in [-0.2, -0.15) is 0 Å². The van der Waals surface area contributed by atoms with Crippen LogP contribution in [0.5, 0.6) is 0 Å². The lowest BCUT2D eigenvalue weighted by molar-refractivity contribution is 0.0968. The van der Waals surface area contributed by atoms with Crippen LogP contribution in [-0.2, 0) is 0 Å². The van der Waals surface area contributed by atoms with Crippen LogP contribution in [0.2, 0.25) is 0 Å². The average molecular weight is 137 g/mol. The van der Waals surface area contributed by atoms with Crippen LogP contribution < -0.4 is 0 Å². The number of hydrogen-bond donors (Lipinski definition) is 2. The van der Waals surface area contributed by atoms with Gasteiger partial charge in [0.05, 0.1) is 12.7 Å². The summed E-state index contributed by atoms with van der Waals surface area (Å²) in [5.74, 6) is 0. The van der Waals surface area contributed by atoms with E-state index in [2.05, 4.69) is 6.58 Å². The van der Waals surface area contributed by atoms with Gasteiger partial charge in [-0.05, 0) is 0 Å². The Hall–Kier alpha value is -0.0500. The average Bonchev–Trinajstić information content (AvgIpc) is 1.65. The molecule has 0 radical (unpaired) electrons. The van der Waals surface area contributed by atoms with Crippen molar-refractivity contribution in [2.45, 2.75) is 12.5 Å². The summed E-state index contributed by atoms with van der Waals surface area (Å²) in [6.45, 7) is 3.08. The first-order valence-electron chi connectivity index (χ1n) is 2.29. The highest BCUT2D eigenvalue weighted by Crippen LogP contribution is 2.05. The van der Waals surface area contributed by atoms with E-state index in [9.17, 15) is 0 Å². The van der Waals surface area contributed by atoms with Crippen molar-refractivity contribution in [1.82, 2.24) is 0 Å².